The number of benzene rings is 1. The lowest BCUT2D eigenvalue weighted by atomic mass is 10.2. The van der Waals surface area contributed by atoms with Gasteiger partial charge in [0.05, 0.1) is 19.3 Å². The number of carbonyl (C=O) groups is 3. The van der Waals surface area contributed by atoms with Crippen molar-refractivity contribution in [2.24, 2.45) is 0 Å². The van der Waals surface area contributed by atoms with Gasteiger partial charge in [-0.15, -0.1) is 0 Å². The highest BCUT2D eigenvalue weighted by Crippen LogP contribution is 2.27. The molecular weight excluding hydrogens is 350 g/mol. The quantitative estimate of drug-likeness (QED) is 0.524. The van der Waals surface area contributed by atoms with Crippen molar-refractivity contribution >= 4 is 23.9 Å². The van der Waals surface area contributed by atoms with Gasteiger partial charge in [0.25, 0.3) is 0 Å². The zero-order chi connectivity index (χ0) is 19.2. The molecule has 7 nitrogen and oxygen atoms in total. The molecule has 0 N–H and O–H groups in total. The lowest BCUT2D eigenvalue weighted by molar-refractivity contribution is -0.117. The molecule has 7 heteroatoms. The second-order valence-corrected chi connectivity index (χ2v) is 6.17. The lowest BCUT2D eigenvalue weighted by Gasteiger charge is -2.24. The number of aldehydes is 1. The number of nitrogens with zero attached hydrogens (tertiary/aromatic N) is 1. The predicted molar refractivity (Wildman–Crippen MR) is 96.7 cm³/mol. The van der Waals surface area contributed by atoms with E-state index in [2.05, 4.69) is 0 Å². The molecule has 1 aliphatic rings. The highest BCUT2D eigenvalue weighted by atomic mass is 16.5. The molecule has 142 valence electrons. The van der Waals surface area contributed by atoms with Crippen molar-refractivity contribution in [3.05, 3.63) is 53.5 Å². The van der Waals surface area contributed by atoms with Crippen LogP contribution in [0.2, 0.25) is 0 Å². The summed E-state index contributed by atoms with van der Waals surface area (Å²) in [5.74, 6) is 0.188. The Hall–Kier alpha value is -2.93. The minimum atomic E-state index is -0.505. The highest BCUT2D eigenvalue weighted by molar-refractivity contribution is 5.96. The average molecular weight is 371 g/mol. The van der Waals surface area contributed by atoms with Crippen LogP contribution in [0.3, 0.4) is 0 Å². The summed E-state index contributed by atoms with van der Waals surface area (Å²) >= 11 is 0. The van der Waals surface area contributed by atoms with Gasteiger partial charge in [-0.25, -0.2) is 4.79 Å². The van der Waals surface area contributed by atoms with E-state index in [-0.39, 0.29) is 30.9 Å². The van der Waals surface area contributed by atoms with Crippen LogP contribution in [0.25, 0.3) is 0 Å². The van der Waals surface area contributed by atoms with E-state index in [4.69, 9.17) is 13.9 Å². The minimum absolute atomic E-state index is 0.0325. The first kappa shape index (κ1) is 18.8. The van der Waals surface area contributed by atoms with Gasteiger partial charge < -0.3 is 18.8 Å². The first-order chi connectivity index (χ1) is 13.1. The van der Waals surface area contributed by atoms with Crippen molar-refractivity contribution in [2.75, 3.05) is 18.1 Å². The smallest absolute Gasteiger partial charge is 0.374 e. The molecule has 0 saturated carbocycles. The predicted octanol–water partition coefficient (Wildman–Crippen LogP) is 2.98. The second kappa shape index (κ2) is 8.64. The van der Waals surface area contributed by atoms with E-state index in [1.165, 1.54) is 0 Å². The highest BCUT2D eigenvalue weighted by Gasteiger charge is 2.32. The number of carbonyl (C=O) groups excluding carboxylic acids is 3. The van der Waals surface area contributed by atoms with Crippen LogP contribution in [0.1, 0.15) is 46.4 Å². The van der Waals surface area contributed by atoms with E-state index in [0.29, 0.717) is 30.8 Å². The first-order valence-electron chi connectivity index (χ1n) is 8.83. The summed E-state index contributed by atoms with van der Waals surface area (Å²) in [4.78, 5) is 36.3. The summed E-state index contributed by atoms with van der Waals surface area (Å²) in [6.45, 7) is 2.55. The summed E-state index contributed by atoms with van der Waals surface area (Å²) < 4.78 is 16.0. The molecule has 2 heterocycles. The fourth-order valence-corrected chi connectivity index (χ4v) is 3.03. The molecule has 1 aromatic carbocycles. The number of amides is 1. The van der Waals surface area contributed by atoms with Crippen molar-refractivity contribution in [1.82, 2.24) is 0 Å². The fraction of sp³-hybridized carbons (Fsp3) is 0.350. The van der Waals surface area contributed by atoms with E-state index in [9.17, 15) is 14.4 Å². The zero-order valence-corrected chi connectivity index (χ0v) is 15.1. The van der Waals surface area contributed by atoms with Crippen LogP contribution in [0, 0.1) is 0 Å². The minimum Gasteiger partial charge on any atom is -0.460 e. The number of hydrogen-bond donors (Lipinski definition) is 0. The topological polar surface area (TPSA) is 86.0 Å². The Morgan fingerprint density at radius 3 is 2.74 bits per heavy atom. The van der Waals surface area contributed by atoms with E-state index >= 15 is 0 Å². The van der Waals surface area contributed by atoms with Crippen molar-refractivity contribution in [3.63, 3.8) is 0 Å². The molecule has 2 aromatic rings. The maximum absolute atomic E-state index is 12.2. The molecule has 1 aromatic heterocycles. The zero-order valence-electron chi connectivity index (χ0n) is 15.1. The maximum atomic E-state index is 12.2. The summed E-state index contributed by atoms with van der Waals surface area (Å²) in [5, 5.41) is 0. The molecule has 0 radical (unpaired) electrons. The first-order valence-corrected chi connectivity index (χ1v) is 8.83. The van der Waals surface area contributed by atoms with Crippen molar-refractivity contribution < 1.29 is 28.3 Å². The van der Waals surface area contributed by atoms with Gasteiger partial charge in [0.2, 0.25) is 11.7 Å². The van der Waals surface area contributed by atoms with Crippen LogP contribution in [0.5, 0.6) is 0 Å². The van der Waals surface area contributed by atoms with E-state index in [1.807, 2.05) is 0 Å². The van der Waals surface area contributed by atoms with Gasteiger partial charge in [0.1, 0.15) is 18.7 Å². The standard InChI is InChI=1S/C20H21NO6/c1-2-26-20(24)18-9-8-17(27-18)13-25-12-16-7-10-19(23)21(16)15-5-3-14(11-22)4-6-15/h3-6,8-9,11,16H,2,7,10,12-13H2,1H3. The van der Waals surface area contributed by atoms with Gasteiger partial charge in [-0.3, -0.25) is 9.59 Å². The summed E-state index contributed by atoms with van der Waals surface area (Å²) in [7, 11) is 0. The third-order valence-corrected chi connectivity index (χ3v) is 4.33. The lowest BCUT2D eigenvalue weighted by Crippen LogP contribution is -2.36. The molecule has 1 amide bonds. The molecule has 1 saturated heterocycles. The van der Waals surface area contributed by atoms with Crippen LogP contribution in [-0.4, -0.2) is 37.4 Å². The van der Waals surface area contributed by atoms with Crippen LogP contribution in [0.15, 0.2) is 40.8 Å². The van der Waals surface area contributed by atoms with E-state index in [1.54, 1.807) is 48.2 Å². The number of hydrogen-bond acceptors (Lipinski definition) is 6. The maximum Gasteiger partial charge on any atom is 0.374 e. The van der Waals surface area contributed by atoms with Gasteiger partial charge in [-0.1, -0.05) is 0 Å². The van der Waals surface area contributed by atoms with Gasteiger partial charge in [-0.05, 0) is 49.7 Å². The third kappa shape index (κ3) is 4.43. The normalized spacial score (nSPS) is 16.6. The average Bonchev–Trinajstić information content (AvgIpc) is 3.29. The number of furan rings is 1. The van der Waals surface area contributed by atoms with Gasteiger partial charge in [0, 0.05) is 17.7 Å². The van der Waals surface area contributed by atoms with Crippen LogP contribution >= 0.6 is 0 Å². The Balaban J connectivity index is 1.57. The Morgan fingerprint density at radius 2 is 2.04 bits per heavy atom. The molecule has 0 spiro atoms. The number of anilines is 1. The summed E-state index contributed by atoms with van der Waals surface area (Å²) in [5.41, 5.74) is 1.31. The molecular formula is C20H21NO6. The van der Waals surface area contributed by atoms with E-state index < -0.39 is 5.97 Å². The van der Waals surface area contributed by atoms with E-state index in [0.717, 1.165) is 12.0 Å². The molecule has 0 aliphatic carbocycles. The van der Waals surface area contributed by atoms with Gasteiger partial charge >= 0.3 is 5.97 Å². The van der Waals surface area contributed by atoms with Crippen LogP contribution < -0.4 is 4.90 Å². The Labute approximate surface area is 156 Å². The Bertz CT molecular complexity index is 810. The van der Waals surface area contributed by atoms with Gasteiger partial charge in [-0.2, -0.15) is 0 Å². The largest absolute Gasteiger partial charge is 0.460 e. The van der Waals surface area contributed by atoms with Crippen molar-refractivity contribution in [1.29, 1.82) is 0 Å². The molecule has 27 heavy (non-hydrogen) atoms. The molecule has 1 fully saturated rings. The summed E-state index contributed by atoms with van der Waals surface area (Å²) in [6, 6.07) is 10.0. The monoisotopic (exact) mass is 371 g/mol. The fourth-order valence-electron chi connectivity index (χ4n) is 3.03. The Morgan fingerprint density at radius 1 is 1.26 bits per heavy atom. The Kier molecular flexibility index (Phi) is 6.03. The van der Waals surface area contributed by atoms with Crippen LogP contribution in [-0.2, 0) is 20.9 Å². The molecule has 1 aliphatic heterocycles. The molecule has 0 bridgehead atoms. The van der Waals surface area contributed by atoms with Crippen molar-refractivity contribution in [3.8, 4) is 0 Å². The van der Waals surface area contributed by atoms with Crippen LogP contribution in [0.4, 0.5) is 5.69 Å². The third-order valence-electron chi connectivity index (χ3n) is 4.33. The number of rotatable bonds is 8. The van der Waals surface area contributed by atoms with Crippen molar-refractivity contribution in [2.45, 2.75) is 32.4 Å². The number of ether oxygens (including phenoxy) is 2. The SMILES string of the molecule is CCOC(=O)c1ccc(COCC2CCC(=O)N2c2ccc(C=O)cc2)o1. The molecule has 1 unspecified atom stereocenters. The number of esters is 1. The van der Waals surface area contributed by atoms with Gasteiger partial charge in [0.15, 0.2) is 0 Å². The second-order valence-electron chi connectivity index (χ2n) is 6.17. The summed E-state index contributed by atoms with van der Waals surface area (Å²) in [6.07, 6.45) is 1.92. The molecule has 1 atom stereocenters. The molecule has 3 rings (SSSR count).